The summed E-state index contributed by atoms with van der Waals surface area (Å²) in [5.41, 5.74) is 7.93. The quantitative estimate of drug-likeness (QED) is 0.912. The van der Waals surface area contributed by atoms with Gasteiger partial charge in [-0.2, -0.15) is 0 Å². The minimum Gasteiger partial charge on any atom is -0.383 e. The number of rotatable bonds is 5. The van der Waals surface area contributed by atoms with Crippen LogP contribution >= 0.6 is 0 Å². The summed E-state index contributed by atoms with van der Waals surface area (Å²) in [6, 6.07) is 8.20. The molecule has 2 N–H and O–H groups in total. The Morgan fingerprint density at radius 3 is 2.45 bits per heavy atom. The third-order valence-corrected chi connectivity index (χ3v) is 4.34. The molecule has 2 rings (SSSR count). The summed E-state index contributed by atoms with van der Waals surface area (Å²) < 4.78 is 7.47. The normalized spacial score (nSPS) is 13.1. The van der Waals surface area contributed by atoms with Crippen molar-refractivity contribution in [2.75, 3.05) is 13.7 Å². The maximum absolute atomic E-state index is 6.38. The molecule has 0 atom stereocenters. The van der Waals surface area contributed by atoms with Crippen LogP contribution in [0.5, 0.6) is 0 Å². The van der Waals surface area contributed by atoms with Crippen molar-refractivity contribution in [3.63, 3.8) is 0 Å². The average Bonchev–Trinajstić information content (AvgIpc) is 2.74. The number of nitrogens with two attached hydrogens (primary N) is 1. The van der Waals surface area contributed by atoms with E-state index in [9.17, 15) is 0 Å². The first-order valence-electron chi connectivity index (χ1n) is 7.02. The molecule has 4 nitrogen and oxygen atoms in total. The van der Waals surface area contributed by atoms with Crippen molar-refractivity contribution in [3.05, 3.63) is 30.1 Å². The Morgan fingerprint density at radius 1 is 1.20 bits per heavy atom. The molecular weight excluding hydrogens is 250 g/mol. The maximum Gasteiger partial charge on any atom is 0.117 e. The lowest BCUT2D eigenvalue weighted by atomic mass is 9.74. The molecule has 4 heteroatoms. The molecule has 110 valence electrons. The summed E-state index contributed by atoms with van der Waals surface area (Å²) in [6.07, 6.45) is 0. The summed E-state index contributed by atoms with van der Waals surface area (Å²) in [5, 5.41) is 0. The van der Waals surface area contributed by atoms with Crippen LogP contribution in [0, 0.1) is 0 Å². The molecule has 0 spiro atoms. The van der Waals surface area contributed by atoms with E-state index in [1.165, 1.54) is 0 Å². The van der Waals surface area contributed by atoms with Crippen LogP contribution in [0.2, 0.25) is 0 Å². The van der Waals surface area contributed by atoms with Crippen molar-refractivity contribution >= 4 is 11.0 Å². The maximum atomic E-state index is 6.38. The van der Waals surface area contributed by atoms with Gasteiger partial charge in [0.2, 0.25) is 0 Å². The third kappa shape index (κ3) is 2.45. The van der Waals surface area contributed by atoms with E-state index < -0.39 is 0 Å². The summed E-state index contributed by atoms with van der Waals surface area (Å²) in [6.45, 7) is 9.84. The molecule has 0 saturated carbocycles. The molecule has 1 aromatic carbocycles. The highest BCUT2D eigenvalue weighted by molar-refractivity contribution is 5.76. The van der Waals surface area contributed by atoms with Crippen LogP contribution in [0.15, 0.2) is 24.3 Å². The van der Waals surface area contributed by atoms with Crippen molar-refractivity contribution in [1.29, 1.82) is 0 Å². The predicted molar refractivity (Wildman–Crippen MR) is 82.9 cm³/mol. The van der Waals surface area contributed by atoms with Crippen LogP contribution in [0.4, 0.5) is 0 Å². The zero-order valence-electron chi connectivity index (χ0n) is 13.1. The lowest BCUT2D eigenvalue weighted by Crippen LogP contribution is -2.51. The summed E-state index contributed by atoms with van der Waals surface area (Å²) in [7, 11) is 1.72. The smallest absolute Gasteiger partial charge is 0.117 e. The molecule has 20 heavy (non-hydrogen) atoms. The fourth-order valence-corrected chi connectivity index (χ4v) is 2.25. The summed E-state index contributed by atoms with van der Waals surface area (Å²) >= 11 is 0. The Hall–Kier alpha value is -1.39. The molecular formula is C16H25N3O. The Kier molecular flexibility index (Phi) is 3.89. The van der Waals surface area contributed by atoms with Gasteiger partial charge < -0.3 is 15.0 Å². The van der Waals surface area contributed by atoms with E-state index in [2.05, 4.69) is 24.5 Å². The minimum atomic E-state index is -0.362. The summed E-state index contributed by atoms with van der Waals surface area (Å²) in [5.74, 6) is 1.02. The van der Waals surface area contributed by atoms with E-state index in [1.807, 2.05) is 32.0 Å². The Morgan fingerprint density at radius 2 is 1.85 bits per heavy atom. The second-order valence-corrected chi connectivity index (χ2v) is 6.42. The van der Waals surface area contributed by atoms with Gasteiger partial charge in [-0.3, -0.25) is 0 Å². The molecule has 0 fully saturated rings. The number of hydrogen-bond acceptors (Lipinski definition) is 3. The number of benzene rings is 1. The van der Waals surface area contributed by atoms with Gasteiger partial charge in [-0.15, -0.1) is 0 Å². The number of methoxy groups -OCH3 is 1. The zero-order chi connectivity index (χ0) is 15.0. The van der Waals surface area contributed by atoms with Gasteiger partial charge in [0.25, 0.3) is 0 Å². The number of nitrogens with zero attached hydrogens (tertiary/aromatic N) is 2. The number of para-hydroxylation sites is 2. The van der Waals surface area contributed by atoms with Crippen LogP contribution < -0.4 is 5.73 Å². The number of ether oxygens (including phenoxy) is 1. The first kappa shape index (κ1) is 15.0. The van der Waals surface area contributed by atoms with Gasteiger partial charge in [0.05, 0.1) is 17.6 Å². The Balaban J connectivity index is 2.62. The van der Waals surface area contributed by atoms with E-state index in [1.54, 1.807) is 7.11 Å². The molecule has 0 bridgehead atoms. The van der Waals surface area contributed by atoms with Crippen LogP contribution in [-0.2, 0) is 16.7 Å². The van der Waals surface area contributed by atoms with Crippen molar-refractivity contribution in [1.82, 2.24) is 9.55 Å². The predicted octanol–water partition coefficient (Wildman–Crippen LogP) is 2.70. The molecule has 0 aliphatic heterocycles. The van der Waals surface area contributed by atoms with Crippen LogP contribution in [-0.4, -0.2) is 28.8 Å². The number of hydrogen-bond donors (Lipinski definition) is 1. The van der Waals surface area contributed by atoms with Crippen LogP contribution in [0.3, 0.4) is 0 Å². The molecule has 1 heterocycles. The average molecular weight is 275 g/mol. The standard InChI is InChI=1S/C16H25N3O/c1-15(2,16(3,4)17)14-18-12-8-6-7-9-13(12)19(14)10-11-20-5/h6-9H,10-11,17H2,1-5H3. The number of aromatic nitrogens is 2. The van der Waals surface area contributed by atoms with E-state index in [0.29, 0.717) is 6.61 Å². The number of fused-ring (bicyclic) bond motifs is 1. The topological polar surface area (TPSA) is 53.1 Å². The molecule has 0 saturated heterocycles. The molecule has 0 amide bonds. The minimum absolute atomic E-state index is 0.236. The van der Waals surface area contributed by atoms with Gasteiger partial charge >= 0.3 is 0 Å². The molecule has 0 radical (unpaired) electrons. The second kappa shape index (κ2) is 5.19. The summed E-state index contributed by atoms with van der Waals surface area (Å²) in [4.78, 5) is 4.83. The fraction of sp³-hybridized carbons (Fsp3) is 0.562. The van der Waals surface area contributed by atoms with Gasteiger partial charge in [-0.25, -0.2) is 4.98 Å². The molecule has 0 unspecified atom stereocenters. The Bertz CT molecular complexity index is 593. The van der Waals surface area contributed by atoms with Crippen molar-refractivity contribution in [2.24, 2.45) is 5.73 Å². The van der Waals surface area contributed by atoms with E-state index in [4.69, 9.17) is 15.5 Å². The van der Waals surface area contributed by atoms with Crippen LogP contribution in [0.1, 0.15) is 33.5 Å². The highest BCUT2D eigenvalue weighted by Gasteiger charge is 2.39. The van der Waals surface area contributed by atoms with Gasteiger partial charge in [-0.1, -0.05) is 26.0 Å². The van der Waals surface area contributed by atoms with Crippen molar-refractivity contribution in [2.45, 2.75) is 45.2 Å². The van der Waals surface area contributed by atoms with Gasteiger partial charge in [-0.05, 0) is 26.0 Å². The van der Waals surface area contributed by atoms with E-state index >= 15 is 0 Å². The monoisotopic (exact) mass is 275 g/mol. The fourth-order valence-electron chi connectivity index (χ4n) is 2.25. The molecule has 1 aromatic heterocycles. The van der Waals surface area contributed by atoms with E-state index in [-0.39, 0.29) is 11.0 Å². The second-order valence-electron chi connectivity index (χ2n) is 6.42. The van der Waals surface area contributed by atoms with Gasteiger partial charge in [0, 0.05) is 24.6 Å². The molecule has 2 aromatic rings. The lowest BCUT2D eigenvalue weighted by molar-refractivity contribution is 0.183. The molecule has 0 aliphatic carbocycles. The van der Waals surface area contributed by atoms with Crippen molar-refractivity contribution in [3.8, 4) is 0 Å². The zero-order valence-corrected chi connectivity index (χ0v) is 13.1. The van der Waals surface area contributed by atoms with Gasteiger partial charge in [0.15, 0.2) is 0 Å². The largest absolute Gasteiger partial charge is 0.383 e. The van der Waals surface area contributed by atoms with E-state index in [0.717, 1.165) is 23.4 Å². The number of imidazole rings is 1. The highest BCUT2D eigenvalue weighted by atomic mass is 16.5. The Labute approximate surface area is 120 Å². The molecule has 0 aliphatic rings. The first-order chi connectivity index (χ1) is 9.29. The third-order valence-electron chi connectivity index (χ3n) is 4.34. The SMILES string of the molecule is COCCn1c(C(C)(C)C(C)(C)N)nc2ccccc21. The van der Waals surface area contributed by atoms with Crippen LogP contribution in [0.25, 0.3) is 11.0 Å². The van der Waals surface area contributed by atoms with Crippen molar-refractivity contribution < 1.29 is 4.74 Å². The first-order valence-corrected chi connectivity index (χ1v) is 7.02. The highest BCUT2D eigenvalue weighted by Crippen LogP contribution is 2.34. The lowest BCUT2D eigenvalue weighted by Gasteiger charge is -2.38. The van der Waals surface area contributed by atoms with Gasteiger partial charge in [0.1, 0.15) is 5.82 Å².